The fourth-order valence-electron chi connectivity index (χ4n) is 3.83. The first-order chi connectivity index (χ1) is 18.2. The smallest absolute Gasteiger partial charge is 0.416 e. The van der Waals surface area contributed by atoms with Crippen molar-refractivity contribution in [2.75, 3.05) is 25.1 Å². The lowest BCUT2D eigenvalue weighted by molar-refractivity contribution is -0.138. The third kappa shape index (κ3) is 8.92. The van der Waals surface area contributed by atoms with Crippen molar-refractivity contribution >= 4 is 17.6 Å². The van der Waals surface area contributed by atoms with E-state index in [1.54, 1.807) is 24.3 Å². The van der Waals surface area contributed by atoms with Crippen LogP contribution >= 0.6 is 0 Å². The molecule has 0 spiro atoms. The van der Waals surface area contributed by atoms with E-state index in [4.69, 9.17) is 9.84 Å². The molecule has 0 heterocycles. The molecule has 9 heteroatoms. The van der Waals surface area contributed by atoms with Crippen molar-refractivity contribution in [3.63, 3.8) is 0 Å². The van der Waals surface area contributed by atoms with Crippen molar-refractivity contribution in [2.45, 2.75) is 38.4 Å². The highest BCUT2D eigenvalue weighted by Crippen LogP contribution is 2.31. The second-order valence-corrected chi connectivity index (χ2v) is 8.87. The summed E-state index contributed by atoms with van der Waals surface area (Å²) in [5, 5.41) is 14.7. The van der Waals surface area contributed by atoms with Crippen LogP contribution in [-0.2, 0) is 22.1 Å². The summed E-state index contributed by atoms with van der Waals surface area (Å²) in [6.45, 7) is 3.18. The number of halogens is 3. The van der Waals surface area contributed by atoms with Gasteiger partial charge in [0.05, 0.1) is 24.6 Å². The lowest BCUT2D eigenvalue weighted by Crippen LogP contribution is -2.28. The van der Waals surface area contributed by atoms with Crippen molar-refractivity contribution in [1.82, 2.24) is 5.32 Å². The highest BCUT2D eigenvalue weighted by molar-refractivity contribution is 5.94. The van der Waals surface area contributed by atoms with E-state index in [2.05, 4.69) is 10.6 Å². The van der Waals surface area contributed by atoms with E-state index in [0.717, 1.165) is 35.4 Å². The Bertz CT molecular complexity index is 1180. The number of ether oxygens (including phenoxy) is 1. The van der Waals surface area contributed by atoms with E-state index >= 15 is 0 Å². The van der Waals surface area contributed by atoms with Crippen LogP contribution in [0.3, 0.4) is 0 Å². The zero-order valence-electron chi connectivity index (χ0n) is 21.1. The number of benzene rings is 3. The molecular weight excluding hydrogens is 497 g/mol. The van der Waals surface area contributed by atoms with Gasteiger partial charge in [-0.3, -0.25) is 9.59 Å². The number of nitrogens with one attached hydrogen (secondary N) is 2. The Labute approximate surface area is 219 Å². The van der Waals surface area contributed by atoms with Crippen LogP contribution in [0.15, 0.2) is 72.8 Å². The SMILES string of the molecule is CCCOCC(Cc1ccc(-c2ccc(C(F)(F)F)cc2)cc1)Nc1ccc(C(=O)NCCC(=O)O)cc1. The maximum absolute atomic E-state index is 12.8. The van der Waals surface area contributed by atoms with Gasteiger partial charge in [0.1, 0.15) is 0 Å². The Morgan fingerprint density at radius 1 is 0.921 bits per heavy atom. The number of carbonyl (C=O) groups excluding carboxylic acids is 1. The third-order valence-corrected chi connectivity index (χ3v) is 5.79. The Kier molecular flexibility index (Phi) is 10.3. The van der Waals surface area contributed by atoms with Gasteiger partial charge < -0.3 is 20.5 Å². The van der Waals surface area contributed by atoms with Crippen LogP contribution in [0.5, 0.6) is 0 Å². The molecule has 0 aromatic heterocycles. The third-order valence-electron chi connectivity index (χ3n) is 5.79. The van der Waals surface area contributed by atoms with Crippen molar-refractivity contribution in [3.05, 3.63) is 89.5 Å². The molecule has 38 heavy (non-hydrogen) atoms. The number of carboxylic acid groups (broad SMARTS) is 1. The molecule has 0 saturated heterocycles. The highest BCUT2D eigenvalue weighted by Gasteiger charge is 2.29. The van der Waals surface area contributed by atoms with E-state index < -0.39 is 17.7 Å². The minimum Gasteiger partial charge on any atom is -0.481 e. The molecule has 1 atom stereocenters. The van der Waals surface area contributed by atoms with E-state index in [-0.39, 0.29) is 24.9 Å². The van der Waals surface area contributed by atoms with Gasteiger partial charge in [-0.25, -0.2) is 0 Å². The van der Waals surface area contributed by atoms with E-state index in [0.29, 0.717) is 30.8 Å². The molecule has 0 saturated carbocycles. The molecule has 0 aliphatic carbocycles. The number of amides is 1. The van der Waals surface area contributed by atoms with E-state index in [1.807, 2.05) is 31.2 Å². The fourth-order valence-corrected chi connectivity index (χ4v) is 3.83. The average molecular weight is 529 g/mol. The summed E-state index contributed by atoms with van der Waals surface area (Å²) in [7, 11) is 0. The summed E-state index contributed by atoms with van der Waals surface area (Å²) < 4.78 is 44.3. The molecule has 6 nitrogen and oxygen atoms in total. The summed E-state index contributed by atoms with van der Waals surface area (Å²) in [5.74, 6) is -1.32. The second-order valence-electron chi connectivity index (χ2n) is 8.87. The van der Waals surface area contributed by atoms with Crippen molar-refractivity contribution in [1.29, 1.82) is 0 Å². The van der Waals surface area contributed by atoms with Gasteiger partial charge in [0.2, 0.25) is 0 Å². The van der Waals surface area contributed by atoms with Gasteiger partial charge in [-0.05, 0) is 65.9 Å². The zero-order valence-corrected chi connectivity index (χ0v) is 21.1. The zero-order chi connectivity index (χ0) is 27.5. The predicted molar refractivity (Wildman–Crippen MR) is 140 cm³/mol. The van der Waals surface area contributed by atoms with Crippen molar-refractivity contribution in [2.24, 2.45) is 0 Å². The van der Waals surface area contributed by atoms with Gasteiger partial charge in [0.15, 0.2) is 0 Å². The Morgan fingerprint density at radius 2 is 1.53 bits per heavy atom. The number of alkyl halides is 3. The lowest BCUT2D eigenvalue weighted by Gasteiger charge is -2.21. The number of anilines is 1. The quantitative estimate of drug-likeness (QED) is 0.236. The summed E-state index contributed by atoms with van der Waals surface area (Å²) in [5.41, 5.74) is 3.12. The van der Waals surface area contributed by atoms with Crippen LogP contribution in [0, 0.1) is 0 Å². The first kappa shape index (κ1) is 28.7. The van der Waals surface area contributed by atoms with Crippen LogP contribution in [0.1, 0.15) is 41.3 Å². The van der Waals surface area contributed by atoms with E-state index in [9.17, 15) is 22.8 Å². The molecule has 0 fully saturated rings. The standard InChI is InChI=1S/C29H31F3N2O4/c1-2-17-38-19-26(34-25-13-9-23(10-14-25)28(37)33-16-15-27(35)36)18-20-3-5-21(6-4-20)22-7-11-24(12-8-22)29(30,31)32/h3-14,26,34H,2,15-19H2,1H3,(H,33,37)(H,35,36). The molecule has 1 unspecified atom stereocenters. The summed E-state index contributed by atoms with van der Waals surface area (Å²) in [6.07, 6.45) is -2.97. The monoisotopic (exact) mass is 528 g/mol. The molecule has 0 bridgehead atoms. The summed E-state index contributed by atoms with van der Waals surface area (Å²) in [4.78, 5) is 22.8. The molecule has 1 amide bonds. The Balaban J connectivity index is 1.64. The summed E-state index contributed by atoms with van der Waals surface area (Å²) in [6, 6.07) is 19.6. The molecule has 0 aliphatic rings. The maximum Gasteiger partial charge on any atom is 0.416 e. The molecule has 0 aliphatic heterocycles. The first-order valence-corrected chi connectivity index (χ1v) is 12.4. The predicted octanol–water partition coefficient (Wildman–Crippen LogP) is 6.03. The number of aliphatic carboxylic acids is 1. The minimum absolute atomic E-state index is 0.0582. The van der Waals surface area contributed by atoms with Gasteiger partial charge in [0, 0.05) is 24.4 Å². The van der Waals surface area contributed by atoms with Crippen molar-refractivity contribution < 1.29 is 32.6 Å². The Morgan fingerprint density at radius 3 is 2.08 bits per heavy atom. The van der Waals surface area contributed by atoms with Crippen LogP contribution in [0.2, 0.25) is 0 Å². The number of carboxylic acids is 1. The molecule has 3 aromatic rings. The van der Waals surface area contributed by atoms with Crippen LogP contribution < -0.4 is 10.6 Å². The maximum atomic E-state index is 12.8. The van der Waals surface area contributed by atoms with E-state index in [1.165, 1.54) is 12.1 Å². The molecule has 3 N–H and O–H groups in total. The van der Waals surface area contributed by atoms with Crippen LogP contribution in [0.4, 0.5) is 18.9 Å². The van der Waals surface area contributed by atoms with Crippen LogP contribution in [-0.4, -0.2) is 42.8 Å². The number of rotatable bonds is 13. The molecular formula is C29H31F3N2O4. The minimum atomic E-state index is -4.36. The largest absolute Gasteiger partial charge is 0.481 e. The topological polar surface area (TPSA) is 87.7 Å². The molecule has 0 radical (unpaired) electrons. The summed E-state index contributed by atoms with van der Waals surface area (Å²) >= 11 is 0. The van der Waals surface area contributed by atoms with Gasteiger partial charge in [-0.1, -0.05) is 43.3 Å². The lowest BCUT2D eigenvalue weighted by atomic mass is 9.99. The van der Waals surface area contributed by atoms with Gasteiger partial charge >= 0.3 is 12.1 Å². The van der Waals surface area contributed by atoms with Gasteiger partial charge in [-0.2, -0.15) is 13.2 Å². The van der Waals surface area contributed by atoms with Crippen molar-refractivity contribution in [3.8, 4) is 11.1 Å². The fraction of sp³-hybridized carbons (Fsp3) is 0.310. The number of hydrogen-bond acceptors (Lipinski definition) is 4. The molecule has 3 rings (SSSR count). The first-order valence-electron chi connectivity index (χ1n) is 12.4. The highest BCUT2D eigenvalue weighted by atomic mass is 19.4. The number of carbonyl (C=O) groups is 2. The second kappa shape index (κ2) is 13.6. The van der Waals surface area contributed by atoms with Gasteiger partial charge in [0.25, 0.3) is 5.91 Å². The Hall–Kier alpha value is -3.85. The normalized spacial score (nSPS) is 12.1. The van der Waals surface area contributed by atoms with Crippen LogP contribution in [0.25, 0.3) is 11.1 Å². The number of hydrogen-bond donors (Lipinski definition) is 3. The average Bonchev–Trinajstić information content (AvgIpc) is 2.89. The van der Waals surface area contributed by atoms with Gasteiger partial charge in [-0.15, -0.1) is 0 Å². The molecule has 202 valence electrons. The molecule has 3 aromatic carbocycles.